The first-order chi connectivity index (χ1) is 13.5. The van der Waals surface area contributed by atoms with Crippen LogP contribution < -0.4 is 11.1 Å². The third kappa shape index (κ3) is 4.18. The summed E-state index contributed by atoms with van der Waals surface area (Å²) >= 11 is 0. The van der Waals surface area contributed by atoms with E-state index in [0.717, 1.165) is 0 Å². The maximum atomic E-state index is 12.9. The summed E-state index contributed by atoms with van der Waals surface area (Å²) in [7, 11) is 1.83. The summed E-state index contributed by atoms with van der Waals surface area (Å²) in [5.74, 6) is -0.419. The summed E-state index contributed by atoms with van der Waals surface area (Å²) in [6, 6.07) is 11.3. The molecular formula is C18H18N8O2. The van der Waals surface area contributed by atoms with Gasteiger partial charge in [-0.15, -0.1) is 4.91 Å². The number of nitrogens with zero attached hydrogens (tertiary/aromatic N) is 5. The average molecular weight is 378 g/mol. The first kappa shape index (κ1) is 18.7. The summed E-state index contributed by atoms with van der Waals surface area (Å²) in [5, 5.41) is 14.8. The van der Waals surface area contributed by atoms with Crippen molar-refractivity contribution in [3.05, 3.63) is 58.6 Å². The molecule has 0 saturated heterocycles. The van der Waals surface area contributed by atoms with Gasteiger partial charge in [0.15, 0.2) is 0 Å². The summed E-state index contributed by atoms with van der Waals surface area (Å²) in [4.78, 5) is 25.5. The van der Waals surface area contributed by atoms with Gasteiger partial charge in [0.05, 0.1) is 5.69 Å². The summed E-state index contributed by atoms with van der Waals surface area (Å²) < 4.78 is 0. The molecule has 0 aromatic heterocycles. The number of carbonyl (C=O) groups is 1. The van der Waals surface area contributed by atoms with E-state index in [-0.39, 0.29) is 17.1 Å². The number of rotatable bonds is 6. The molecule has 28 heavy (non-hydrogen) atoms. The minimum Gasteiger partial charge on any atom is -0.397 e. The molecule has 4 N–H and O–H groups in total. The zero-order valence-corrected chi connectivity index (χ0v) is 15.0. The molecule has 0 fully saturated rings. The molecule has 0 unspecified atom stereocenters. The standard InChI is InChI=1S/C18H18N8O2/c1-25-10-21-26(11-25)17(8-12-3-2-4-14(7-12)24-28)18(27)22-13-5-6-15(19)16(9-13)23-20/h2-10,20H,11,19H2,1H3,(H,22,27)/b17-8-,23-20?. The van der Waals surface area contributed by atoms with Crippen LogP contribution in [-0.4, -0.2) is 35.9 Å². The Hall–Kier alpha value is -4.08. The van der Waals surface area contributed by atoms with Crippen molar-refractivity contribution in [2.24, 2.45) is 15.4 Å². The Morgan fingerprint density at radius 2 is 2.14 bits per heavy atom. The minimum absolute atomic E-state index is 0.256. The molecule has 0 bridgehead atoms. The number of hydrogen-bond donors (Lipinski definition) is 3. The van der Waals surface area contributed by atoms with E-state index in [9.17, 15) is 9.70 Å². The van der Waals surface area contributed by atoms with Crippen LogP contribution >= 0.6 is 0 Å². The van der Waals surface area contributed by atoms with Crippen molar-refractivity contribution in [2.45, 2.75) is 0 Å². The smallest absolute Gasteiger partial charge is 0.273 e. The Bertz CT molecular complexity index is 985. The van der Waals surface area contributed by atoms with E-state index in [1.165, 1.54) is 11.1 Å². The highest BCUT2D eigenvalue weighted by Gasteiger charge is 2.22. The fraction of sp³-hybridized carbons (Fsp3) is 0.111. The fourth-order valence-corrected chi connectivity index (χ4v) is 2.57. The summed E-state index contributed by atoms with van der Waals surface area (Å²) in [6.07, 6.45) is 3.22. The fourth-order valence-electron chi connectivity index (χ4n) is 2.57. The number of benzene rings is 2. The average Bonchev–Trinajstić information content (AvgIpc) is 3.13. The van der Waals surface area contributed by atoms with Crippen molar-refractivity contribution in [3.63, 3.8) is 0 Å². The predicted molar refractivity (Wildman–Crippen MR) is 107 cm³/mol. The van der Waals surface area contributed by atoms with E-state index in [1.807, 2.05) is 11.9 Å². The van der Waals surface area contributed by atoms with Crippen molar-refractivity contribution in [2.75, 3.05) is 24.8 Å². The molecule has 2 aromatic rings. The first-order valence-electron chi connectivity index (χ1n) is 8.25. The van der Waals surface area contributed by atoms with E-state index < -0.39 is 5.91 Å². The predicted octanol–water partition coefficient (Wildman–Crippen LogP) is 3.46. The molecular weight excluding hydrogens is 360 g/mol. The monoisotopic (exact) mass is 378 g/mol. The quantitative estimate of drug-likeness (QED) is 0.306. The van der Waals surface area contributed by atoms with E-state index in [4.69, 9.17) is 11.3 Å². The third-order valence-electron chi connectivity index (χ3n) is 3.94. The van der Waals surface area contributed by atoms with Gasteiger partial charge in [-0.05, 0) is 47.1 Å². The zero-order valence-electron chi connectivity index (χ0n) is 15.0. The van der Waals surface area contributed by atoms with Crippen molar-refractivity contribution in [1.29, 1.82) is 5.53 Å². The van der Waals surface area contributed by atoms with Crippen LogP contribution in [0.15, 0.2) is 63.6 Å². The van der Waals surface area contributed by atoms with Gasteiger partial charge >= 0.3 is 0 Å². The molecule has 10 nitrogen and oxygen atoms in total. The van der Waals surface area contributed by atoms with Gasteiger partial charge in [0.1, 0.15) is 30.1 Å². The minimum atomic E-state index is -0.419. The second-order valence-corrected chi connectivity index (χ2v) is 6.08. The molecule has 1 aliphatic rings. The van der Waals surface area contributed by atoms with Gasteiger partial charge in [0, 0.05) is 12.7 Å². The molecule has 142 valence electrons. The second-order valence-electron chi connectivity index (χ2n) is 6.08. The molecule has 0 radical (unpaired) electrons. The van der Waals surface area contributed by atoms with E-state index in [1.54, 1.807) is 48.8 Å². The number of nitrogens with one attached hydrogen (secondary N) is 2. The molecule has 0 spiro atoms. The SMILES string of the molecule is CN1C=NN(/C(=C\c2cccc(N=O)c2)C(=O)Nc2ccc(N)c(N=N)c2)C1. The molecule has 2 aromatic carbocycles. The number of anilines is 2. The number of amides is 1. The number of nitroso groups, excluding NO2 is 1. The highest BCUT2D eigenvalue weighted by molar-refractivity contribution is 6.06. The Balaban J connectivity index is 1.93. The summed E-state index contributed by atoms with van der Waals surface area (Å²) in [5.41, 5.74) is 15.1. The first-order valence-corrected chi connectivity index (χ1v) is 8.25. The molecule has 1 heterocycles. The Morgan fingerprint density at radius 1 is 1.32 bits per heavy atom. The van der Waals surface area contributed by atoms with Gasteiger partial charge in [-0.3, -0.25) is 4.79 Å². The highest BCUT2D eigenvalue weighted by Crippen LogP contribution is 2.26. The van der Waals surface area contributed by atoms with Crippen molar-refractivity contribution in [3.8, 4) is 0 Å². The van der Waals surface area contributed by atoms with Gasteiger partial charge < -0.3 is 16.0 Å². The van der Waals surface area contributed by atoms with Crippen molar-refractivity contribution >= 4 is 41.1 Å². The van der Waals surface area contributed by atoms with Crippen LogP contribution in [0.2, 0.25) is 0 Å². The summed E-state index contributed by atoms with van der Waals surface area (Å²) in [6.45, 7) is 0.389. The number of nitrogen functional groups attached to an aromatic ring is 1. The van der Waals surface area contributed by atoms with Crippen LogP contribution in [0.5, 0.6) is 0 Å². The lowest BCUT2D eigenvalue weighted by atomic mass is 10.1. The number of hydrazone groups is 1. The zero-order chi connectivity index (χ0) is 20.1. The third-order valence-corrected chi connectivity index (χ3v) is 3.94. The van der Waals surface area contributed by atoms with Gasteiger partial charge in [-0.1, -0.05) is 12.1 Å². The van der Waals surface area contributed by atoms with Crippen LogP contribution in [0.25, 0.3) is 6.08 Å². The molecule has 10 heteroatoms. The van der Waals surface area contributed by atoms with Gasteiger partial charge in [0.25, 0.3) is 5.91 Å². The molecule has 1 amide bonds. The Kier molecular flexibility index (Phi) is 5.40. The molecule has 1 aliphatic heterocycles. The van der Waals surface area contributed by atoms with E-state index in [0.29, 0.717) is 23.6 Å². The van der Waals surface area contributed by atoms with Crippen LogP contribution in [0, 0.1) is 10.4 Å². The van der Waals surface area contributed by atoms with E-state index in [2.05, 4.69) is 20.7 Å². The molecule has 0 aliphatic carbocycles. The molecule has 0 atom stereocenters. The topological polar surface area (TPSA) is 140 Å². The van der Waals surface area contributed by atoms with Crippen molar-refractivity contribution in [1.82, 2.24) is 9.91 Å². The second kappa shape index (κ2) is 8.08. The van der Waals surface area contributed by atoms with Crippen molar-refractivity contribution < 1.29 is 4.79 Å². The van der Waals surface area contributed by atoms with Crippen LogP contribution in [0.4, 0.5) is 22.7 Å². The van der Waals surface area contributed by atoms with E-state index >= 15 is 0 Å². The van der Waals surface area contributed by atoms with Crippen LogP contribution in [-0.2, 0) is 4.79 Å². The lowest BCUT2D eigenvalue weighted by Gasteiger charge is -2.19. The van der Waals surface area contributed by atoms with Gasteiger partial charge in [-0.2, -0.15) is 10.2 Å². The Morgan fingerprint density at radius 3 is 2.82 bits per heavy atom. The number of carbonyl (C=O) groups excluding carboxylic acids is 1. The largest absolute Gasteiger partial charge is 0.397 e. The Labute approximate surface area is 160 Å². The van der Waals surface area contributed by atoms with Gasteiger partial charge in [0.2, 0.25) is 0 Å². The number of nitrogens with two attached hydrogens (primary N) is 1. The number of hydrogen-bond acceptors (Lipinski definition) is 9. The normalized spacial score (nSPS) is 13.5. The molecule has 3 rings (SSSR count). The van der Waals surface area contributed by atoms with Gasteiger partial charge in [-0.25, -0.2) is 10.5 Å². The lowest BCUT2D eigenvalue weighted by Crippen LogP contribution is -2.29. The maximum absolute atomic E-state index is 12.9. The van der Waals surface area contributed by atoms with Crippen LogP contribution in [0.3, 0.4) is 0 Å². The highest BCUT2D eigenvalue weighted by atomic mass is 16.3. The molecule has 0 saturated carbocycles. The maximum Gasteiger partial charge on any atom is 0.273 e. The van der Waals surface area contributed by atoms with Crippen LogP contribution in [0.1, 0.15) is 5.56 Å². The lowest BCUT2D eigenvalue weighted by molar-refractivity contribution is -0.114.